The second-order valence-electron chi connectivity index (χ2n) is 6.11. The van der Waals surface area contributed by atoms with Crippen molar-refractivity contribution < 1.29 is 14.3 Å². The van der Waals surface area contributed by atoms with E-state index in [0.717, 1.165) is 16.5 Å². The molecular formula is C21H18N2O3. The highest BCUT2D eigenvalue weighted by molar-refractivity contribution is 6.09. The zero-order chi connectivity index (χ0) is 18.7. The van der Waals surface area contributed by atoms with E-state index in [1.54, 1.807) is 36.5 Å². The van der Waals surface area contributed by atoms with Gasteiger partial charge in [0.2, 0.25) is 0 Å². The van der Waals surface area contributed by atoms with Gasteiger partial charge in [-0.15, -0.1) is 0 Å². The summed E-state index contributed by atoms with van der Waals surface area (Å²) in [6.45, 7) is 0. The lowest BCUT2D eigenvalue weighted by Gasteiger charge is -2.03. The molecule has 0 bridgehead atoms. The van der Waals surface area contributed by atoms with E-state index in [-0.39, 0.29) is 5.78 Å². The van der Waals surface area contributed by atoms with E-state index in [1.165, 1.54) is 7.11 Å². The average molecular weight is 346 g/mol. The second kappa shape index (κ2) is 7.24. The van der Waals surface area contributed by atoms with Gasteiger partial charge in [0.1, 0.15) is 0 Å². The van der Waals surface area contributed by atoms with Crippen molar-refractivity contribution >= 4 is 22.7 Å². The number of benzene rings is 2. The maximum atomic E-state index is 12.7. The Morgan fingerprint density at radius 1 is 1.15 bits per heavy atom. The van der Waals surface area contributed by atoms with Crippen molar-refractivity contribution in [3.05, 3.63) is 70.9 Å². The predicted octanol–water partition coefficient (Wildman–Crippen LogP) is 3.65. The number of aromatic nitrogens is 1. The van der Waals surface area contributed by atoms with Gasteiger partial charge in [0.05, 0.1) is 24.3 Å². The van der Waals surface area contributed by atoms with Crippen molar-refractivity contribution in [3.8, 4) is 6.07 Å². The molecule has 0 amide bonds. The van der Waals surface area contributed by atoms with Gasteiger partial charge in [-0.25, -0.2) is 4.79 Å². The van der Waals surface area contributed by atoms with Gasteiger partial charge in [-0.05, 0) is 36.2 Å². The van der Waals surface area contributed by atoms with Gasteiger partial charge in [-0.3, -0.25) is 4.79 Å². The van der Waals surface area contributed by atoms with E-state index >= 15 is 0 Å². The molecule has 3 aromatic rings. The highest BCUT2D eigenvalue weighted by atomic mass is 16.5. The van der Waals surface area contributed by atoms with Crippen LogP contribution < -0.4 is 0 Å². The van der Waals surface area contributed by atoms with E-state index in [2.05, 4.69) is 6.07 Å². The van der Waals surface area contributed by atoms with Crippen molar-refractivity contribution in [1.82, 2.24) is 4.57 Å². The van der Waals surface area contributed by atoms with Crippen LogP contribution in [0, 0.1) is 11.3 Å². The lowest BCUT2D eigenvalue weighted by atomic mass is 10.0. The number of methoxy groups -OCH3 is 1. The van der Waals surface area contributed by atoms with Crippen LogP contribution in [-0.4, -0.2) is 23.4 Å². The minimum Gasteiger partial charge on any atom is -0.465 e. The molecule has 0 saturated heterocycles. The smallest absolute Gasteiger partial charge is 0.337 e. The molecule has 5 nitrogen and oxygen atoms in total. The summed E-state index contributed by atoms with van der Waals surface area (Å²) in [5.74, 6) is -0.354. The molecule has 2 aromatic carbocycles. The normalized spacial score (nSPS) is 10.5. The monoisotopic (exact) mass is 346 g/mol. The van der Waals surface area contributed by atoms with E-state index in [1.807, 2.05) is 23.7 Å². The van der Waals surface area contributed by atoms with Crippen molar-refractivity contribution in [2.45, 2.75) is 12.8 Å². The number of nitriles is 1. The molecule has 0 N–H and O–H groups in total. The molecule has 1 heterocycles. The third kappa shape index (κ3) is 3.35. The summed E-state index contributed by atoms with van der Waals surface area (Å²) in [6.07, 6.45) is 2.79. The Labute approximate surface area is 151 Å². The quantitative estimate of drug-likeness (QED) is 0.522. The Balaban J connectivity index is 1.81. The molecular weight excluding hydrogens is 328 g/mol. The minimum absolute atomic E-state index is 0.0470. The number of nitrogens with zero attached hydrogens (tertiary/aromatic N) is 2. The fourth-order valence-corrected chi connectivity index (χ4v) is 2.99. The van der Waals surface area contributed by atoms with E-state index < -0.39 is 5.97 Å². The summed E-state index contributed by atoms with van der Waals surface area (Å²) in [4.78, 5) is 24.4. The maximum Gasteiger partial charge on any atom is 0.337 e. The molecule has 0 aliphatic rings. The molecule has 0 atom stereocenters. The van der Waals surface area contributed by atoms with Crippen molar-refractivity contribution in [2.24, 2.45) is 7.05 Å². The van der Waals surface area contributed by atoms with Crippen LogP contribution in [0.5, 0.6) is 0 Å². The third-order valence-corrected chi connectivity index (χ3v) is 4.44. The van der Waals surface area contributed by atoms with Gasteiger partial charge < -0.3 is 9.30 Å². The van der Waals surface area contributed by atoms with Crippen molar-refractivity contribution in [3.63, 3.8) is 0 Å². The van der Waals surface area contributed by atoms with Crippen LogP contribution in [-0.2, 0) is 18.2 Å². The first-order valence-electron chi connectivity index (χ1n) is 8.23. The Kier molecular flexibility index (Phi) is 4.85. The molecule has 0 unspecified atom stereocenters. The molecule has 0 fully saturated rings. The predicted molar refractivity (Wildman–Crippen MR) is 98.1 cm³/mol. The van der Waals surface area contributed by atoms with Gasteiger partial charge in [0.15, 0.2) is 5.78 Å². The van der Waals surface area contributed by atoms with Crippen LogP contribution in [0.3, 0.4) is 0 Å². The van der Waals surface area contributed by atoms with Gasteiger partial charge in [0.25, 0.3) is 0 Å². The molecule has 0 saturated carbocycles. The highest BCUT2D eigenvalue weighted by Gasteiger charge is 2.16. The van der Waals surface area contributed by atoms with Gasteiger partial charge >= 0.3 is 5.97 Å². The summed E-state index contributed by atoms with van der Waals surface area (Å²) in [7, 11) is 3.19. The van der Waals surface area contributed by atoms with Gasteiger partial charge in [-0.2, -0.15) is 5.26 Å². The number of Topliss-reactive ketones (excluding diaryl/α,β-unsaturated/α-hetero) is 1. The summed E-state index contributed by atoms with van der Waals surface area (Å²) < 4.78 is 6.59. The van der Waals surface area contributed by atoms with E-state index in [9.17, 15) is 9.59 Å². The minimum atomic E-state index is -0.401. The molecule has 26 heavy (non-hydrogen) atoms. The van der Waals surface area contributed by atoms with Crippen LogP contribution in [0.4, 0.5) is 0 Å². The first-order valence-corrected chi connectivity index (χ1v) is 8.23. The molecule has 5 heteroatoms. The number of hydrogen-bond donors (Lipinski definition) is 0. The van der Waals surface area contributed by atoms with E-state index in [0.29, 0.717) is 29.5 Å². The zero-order valence-electron chi connectivity index (χ0n) is 14.7. The molecule has 1 aromatic heterocycles. The lowest BCUT2D eigenvalue weighted by Crippen LogP contribution is -2.02. The fourth-order valence-electron chi connectivity index (χ4n) is 2.99. The average Bonchev–Trinajstić information content (AvgIpc) is 3.02. The number of aryl methyl sites for hydroxylation is 2. The summed E-state index contributed by atoms with van der Waals surface area (Å²) >= 11 is 0. The van der Waals surface area contributed by atoms with Crippen LogP contribution in [0.2, 0.25) is 0 Å². The Morgan fingerprint density at radius 2 is 1.88 bits per heavy atom. The number of ether oxygens (including phenoxy) is 1. The molecule has 0 aliphatic carbocycles. The largest absolute Gasteiger partial charge is 0.465 e. The number of rotatable bonds is 5. The third-order valence-electron chi connectivity index (χ3n) is 4.44. The SMILES string of the molecule is COC(=O)c1ccc2c(C(=O)CCc3ccc(C#N)cc3)cn(C)c2c1. The first kappa shape index (κ1) is 17.4. The summed E-state index contributed by atoms with van der Waals surface area (Å²) in [6, 6.07) is 14.5. The van der Waals surface area contributed by atoms with Crippen LogP contribution in [0.15, 0.2) is 48.7 Å². The lowest BCUT2D eigenvalue weighted by molar-refractivity contribution is 0.0600. The van der Waals surface area contributed by atoms with Crippen molar-refractivity contribution in [1.29, 1.82) is 5.26 Å². The van der Waals surface area contributed by atoms with Gasteiger partial charge in [-0.1, -0.05) is 18.2 Å². The van der Waals surface area contributed by atoms with Crippen molar-refractivity contribution in [2.75, 3.05) is 7.11 Å². The second-order valence-corrected chi connectivity index (χ2v) is 6.11. The van der Waals surface area contributed by atoms with Crippen LogP contribution in [0.25, 0.3) is 10.9 Å². The first-order chi connectivity index (χ1) is 12.5. The fraction of sp³-hybridized carbons (Fsp3) is 0.190. The maximum absolute atomic E-state index is 12.7. The summed E-state index contributed by atoms with van der Waals surface area (Å²) in [5, 5.41) is 9.66. The molecule has 0 spiro atoms. The van der Waals surface area contributed by atoms with Crippen LogP contribution >= 0.6 is 0 Å². The Morgan fingerprint density at radius 3 is 2.54 bits per heavy atom. The number of carbonyl (C=O) groups is 2. The molecule has 3 rings (SSSR count). The highest BCUT2D eigenvalue weighted by Crippen LogP contribution is 2.24. The number of hydrogen-bond acceptors (Lipinski definition) is 4. The number of fused-ring (bicyclic) bond motifs is 1. The number of ketones is 1. The number of carbonyl (C=O) groups excluding carboxylic acids is 2. The summed E-state index contributed by atoms with van der Waals surface area (Å²) in [5.41, 5.74) is 3.54. The molecule has 0 radical (unpaired) electrons. The topological polar surface area (TPSA) is 72.1 Å². The standard InChI is InChI=1S/C21H18N2O3/c1-23-13-18(17-9-8-16(11-19(17)23)21(25)26-2)20(24)10-7-14-3-5-15(12-22)6-4-14/h3-6,8-9,11,13H,7,10H2,1-2H3. The van der Waals surface area contributed by atoms with E-state index in [4.69, 9.17) is 10.00 Å². The van der Waals surface area contributed by atoms with Gasteiger partial charge in [0, 0.05) is 36.1 Å². The Bertz CT molecular complexity index is 1020. The Hall–Kier alpha value is -3.39. The van der Waals surface area contributed by atoms with Crippen LogP contribution in [0.1, 0.15) is 38.3 Å². The zero-order valence-corrected chi connectivity index (χ0v) is 14.7. The molecule has 0 aliphatic heterocycles. The number of esters is 1. The molecule has 130 valence electrons.